The number of nitrogens with one attached hydrogen (secondary N) is 1. The first-order valence-corrected chi connectivity index (χ1v) is 6.10. The lowest BCUT2D eigenvalue weighted by atomic mass is 9.81. The monoisotopic (exact) mass is 205 g/mol. The van der Waals surface area contributed by atoms with Gasteiger partial charge in [0.1, 0.15) is 0 Å². The first-order chi connectivity index (χ1) is 7.26. The molecule has 0 bridgehead atoms. The van der Waals surface area contributed by atoms with Crippen molar-refractivity contribution >= 4 is 5.69 Å². The Morgan fingerprint density at radius 1 is 1.27 bits per heavy atom. The number of hydrogen-bond acceptors (Lipinski definition) is 1. The van der Waals surface area contributed by atoms with Crippen molar-refractivity contribution in [2.45, 2.75) is 46.0 Å². The van der Waals surface area contributed by atoms with E-state index in [9.17, 15) is 0 Å². The van der Waals surface area contributed by atoms with E-state index in [0.717, 1.165) is 6.54 Å². The van der Waals surface area contributed by atoms with Gasteiger partial charge in [-0.25, -0.2) is 0 Å². The van der Waals surface area contributed by atoms with E-state index in [1.165, 1.54) is 24.1 Å². The van der Waals surface area contributed by atoms with Crippen molar-refractivity contribution in [3.8, 4) is 0 Å². The highest BCUT2D eigenvalue weighted by Crippen LogP contribution is 2.39. The first-order valence-electron chi connectivity index (χ1n) is 6.10. The molecule has 0 fully saturated rings. The summed E-state index contributed by atoms with van der Waals surface area (Å²) in [5.41, 5.74) is 3.20. The first kappa shape index (κ1) is 12.1. The molecule has 1 aromatic rings. The predicted octanol–water partition coefficient (Wildman–Crippen LogP) is 4.20. The average molecular weight is 205 g/mol. The third-order valence-electron chi connectivity index (χ3n) is 3.05. The standard InChI is InChI=1S/C12H17N.C2H6/c1-3-8-12(2)9-13-11-7-5-4-6-10(11)12;1-2/h4-7,13H,3,8-9H2,1-2H3;1-2H3. The molecule has 15 heavy (non-hydrogen) atoms. The summed E-state index contributed by atoms with van der Waals surface area (Å²) >= 11 is 0. The Labute approximate surface area is 93.9 Å². The summed E-state index contributed by atoms with van der Waals surface area (Å²) in [7, 11) is 0. The molecule has 1 aromatic carbocycles. The summed E-state index contributed by atoms with van der Waals surface area (Å²) in [5.74, 6) is 0. The molecule has 0 radical (unpaired) electrons. The zero-order chi connectivity index (χ0) is 11.3. The van der Waals surface area contributed by atoms with Crippen molar-refractivity contribution < 1.29 is 0 Å². The summed E-state index contributed by atoms with van der Waals surface area (Å²) in [4.78, 5) is 0. The van der Waals surface area contributed by atoms with Crippen LogP contribution in [0, 0.1) is 0 Å². The van der Waals surface area contributed by atoms with Crippen LogP contribution in [0.2, 0.25) is 0 Å². The maximum Gasteiger partial charge on any atom is 0.0379 e. The molecule has 1 aliphatic heterocycles. The molecule has 1 heterocycles. The zero-order valence-corrected chi connectivity index (χ0v) is 10.4. The van der Waals surface area contributed by atoms with Crippen LogP contribution < -0.4 is 5.32 Å². The van der Waals surface area contributed by atoms with Gasteiger partial charge in [-0.3, -0.25) is 0 Å². The molecule has 1 nitrogen and oxygen atoms in total. The van der Waals surface area contributed by atoms with Gasteiger partial charge in [0.25, 0.3) is 0 Å². The van der Waals surface area contributed by atoms with Crippen LogP contribution >= 0.6 is 0 Å². The zero-order valence-electron chi connectivity index (χ0n) is 10.4. The van der Waals surface area contributed by atoms with Crippen LogP contribution in [0.3, 0.4) is 0 Å². The lowest BCUT2D eigenvalue weighted by molar-refractivity contribution is 0.471. The molecule has 1 aliphatic rings. The lowest BCUT2D eigenvalue weighted by Gasteiger charge is -2.23. The van der Waals surface area contributed by atoms with E-state index in [2.05, 4.69) is 43.4 Å². The second kappa shape index (κ2) is 5.20. The molecule has 0 saturated carbocycles. The van der Waals surface area contributed by atoms with Gasteiger partial charge in [-0.2, -0.15) is 0 Å². The van der Waals surface area contributed by atoms with E-state index in [1.807, 2.05) is 13.8 Å². The number of anilines is 1. The second-order valence-corrected chi connectivity index (χ2v) is 4.21. The lowest BCUT2D eigenvalue weighted by Crippen LogP contribution is -2.23. The summed E-state index contributed by atoms with van der Waals surface area (Å²) in [5, 5.41) is 3.48. The highest BCUT2D eigenvalue weighted by molar-refractivity contribution is 5.59. The third kappa shape index (κ3) is 2.34. The molecule has 1 N–H and O–H groups in total. The molecule has 0 amide bonds. The van der Waals surface area contributed by atoms with E-state index in [0.29, 0.717) is 5.41 Å². The predicted molar refractivity (Wildman–Crippen MR) is 68.5 cm³/mol. The van der Waals surface area contributed by atoms with Gasteiger partial charge < -0.3 is 5.32 Å². The number of hydrogen-bond donors (Lipinski definition) is 1. The topological polar surface area (TPSA) is 12.0 Å². The van der Waals surface area contributed by atoms with Crippen LogP contribution in [-0.4, -0.2) is 6.54 Å². The van der Waals surface area contributed by atoms with Gasteiger partial charge in [0.2, 0.25) is 0 Å². The van der Waals surface area contributed by atoms with Crippen LogP contribution in [0.15, 0.2) is 24.3 Å². The van der Waals surface area contributed by atoms with Crippen LogP contribution in [0.25, 0.3) is 0 Å². The minimum atomic E-state index is 0.366. The van der Waals surface area contributed by atoms with Crippen LogP contribution in [0.4, 0.5) is 5.69 Å². The Bertz CT molecular complexity index is 302. The van der Waals surface area contributed by atoms with E-state index in [1.54, 1.807) is 0 Å². The minimum Gasteiger partial charge on any atom is -0.384 e. The molecule has 0 aliphatic carbocycles. The quantitative estimate of drug-likeness (QED) is 0.763. The largest absolute Gasteiger partial charge is 0.384 e. The fraction of sp³-hybridized carbons (Fsp3) is 0.571. The van der Waals surface area contributed by atoms with Crippen molar-refractivity contribution in [3.05, 3.63) is 29.8 Å². The number of fused-ring (bicyclic) bond motifs is 1. The van der Waals surface area contributed by atoms with Gasteiger partial charge in [-0.1, -0.05) is 52.3 Å². The molecular weight excluding hydrogens is 182 g/mol. The minimum absolute atomic E-state index is 0.366. The summed E-state index contributed by atoms with van der Waals surface area (Å²) in [6.45, 7) is 9.71. The molecular formula is C14H23N. The van der Waals surface area contributed by atoms with Crippen LogP contribution in [0.1, 0.15) is 46.1 Å². The maximum atomic E-state index is 3.48. The second-order valence-electron chi connectivity index (χ2n) is 4.21. The van der Waals surface area contributed by atoms with Gasteiger partial charge in [0, 0.05) is 17.6 Å². The Hall–Kier alpha value is -0.980. The smallest absolute Gasteiger partial charge is 0.0379 e. The van der Waals surface area contributed by atoms with Crippen LogP contribution in [0.5, 0.6) is 0 Å². The Kier molecular flexibility index (Phi) is 4.19. The van der Waals surface area contributed by atoms with Gasteiger partial charge in [0.15, 0.2) is 0 Å². The van der Waals surface area contributed by atoms with Crippen molar-refractivity contribution in [2.75, 3.05) is 11.9 Å². The van der Waals surface area contributed by atoms with E-state index in [-0.39, 0.29) is 0 Å². The fourth-order valence-corrected chi connectivity index (χ4v) is 2.32. The van der Waals surface area contributed by atoms with Crippen molar-refractivity contribution in [2.24, 2.45) is 0 Å². The normalized spacial score (nSPS) is 22.4. The van der Waals surface area contributed by atoms with Crippen molar-refractivity contribution in [3.63, 3.8) is 0 Å². The van der Waals surface area contributed by atoms with Crippen molar-refractivity contribution in [1.29, 1.82) is 0 Å². The van der Waals surface area contributed by atoms with Gasteiger partial charge in [-0.05, 0) is 18.1 Å². The van der Waals surface area contributed by atoms with E-state index < -0.39 is 0 Å². The summed E-state index contributed by atoms with van der Waals surface area (Å²) in [6, 6.07) is 8.67. The van der Waals surface area contributed by atoms with Crippen LogP contribution in [-0.2, 0) is 5.41 Å². The Morgan fingerprint density at radius 2 is 1.93 bits per heavy atom. The average Bonchev–Trinajstić information content (AvgIpc) is 2.61. The highest BCUT2D eigenvalue weighted by Gasteiger charge is 2.32. The molecule has 1 atom stereocenters. The molecule has 84 valence electrons. The molecule has 0 saturated heterocycles. The van der Waals surface area contributed by atoms with Gasteiger partial charge >= 0.3 is 0 Å². The molecule has 1 unspecified atom stereocenters. The summed E-state index contributed by atoms with van der Waals surface area (Å²) < 4.78 is 0. The van der Waals surface area contributed by atoms with Gasteiger partial charge in [-0.15, -0.1) is 0 Å². The number of para-hydroxylation sites is 1. The van der Waals surface area contributed by atoms with Gasteiger partial charge in [0.05, 0.1) is 0 Å². The van der Waals surface area contributed by atoms with Crippen molar-refractivity contribution in [1.82, 2.24) is 0 Å². The molecule has 0 spiro atoms. The number of rotatable bonds is 2. The SMILES string of the molecule is CC.CCCC1(C)CNc2ccccc21. The van der Waals surface area contributed by atoms with E-state index in [4.69, 9.17) is 0 Å². The number of benzene rings is 1. The molecule has 0 aromatic heterocycles. The molecule has 2 rings (SSSR count). The highest BCUT2D eigenvalue weighted by atomic mass is 14.9. The third-order valence-corrected chi connectivity index (χ3v) is 3.05. The summed E-state index contributed by atoms with van der Waals surface area (Å²) in [6.07, 6.45) is 2.53. The Morgan fingerprint density at radius 3 is 2.60 bits per heavy atom. The van der Waals surface area contributed by atoms with E-state index >= 15 is 0 Å². The Balaban J connectivity index is 0.000000531. The fourth-order valence-electron chi connectivity index (χ4n) is 2.32. The molecule has 1 heteroatoms. The maximum absolute atomic E-state index is 3.48.